The summed E-state index contributed by atoms with van der Waals surface area (Å²) >= 11 is 0. The lowest BCUT2D eigenvalue weighted by atomic mass is 10.1. The highest BCUT2D eigenvalue weighted by Gasteiger charge is 2.17. The molecule has 1 aromatic rings. The van der Waals surface area contributed by atoms with Crippen molar-refractivity contribution >= 4 is 17.5 Å². The number of benzene rings is 1. The first kappa shape index (κ1) is 16.3. The standard InChI is InChI=1S/C17H24N2O3/c1-22-15-11-7-6-10-14(15)19-17(21)12-16(20)18-13-8-4-2-3-5-9-13/h6-7,10-11,13H,2-5,8-9,12H2,1H3,(H,18,20)(H,19,21). The molecule has 0 heterocycles. The Morgan fingerprint density at radius 2 is 1.77 bits per heavy atom. The predicted molar refractivity (Wildman–Crippen MR) is 85.9 cm³/mol. The van der Waals surface area contributed by atoms with Gasteiger partial charge in [-0.1, -0.05) is 37.8 Å². The molecule has 2 N–H and O–H groups in total. The van der Waals surface area contributed by atoms with E-state index in [0.29, 0.717) is 11.4 Å². The second kappa shape index (κ2) is 8.41. The lowest BCUT2D eigenvalue weighted by Crippen LogP contribution is -2.36. The molecule has 22 heavy (non-hydrogen) atoms. The van der Waals surface area contributed by atoms with E-state index in [9.17, 15) is 9.59 Å². The molecule has 1 aromatic carbocycles. The highest BCUT2D eigenvalue weighted by molar-refractivity contribution is 6.04. The van der Waals surface area contributed by atoms with Crippen LogP contribution in [0.2, 0.25) is 0 Å². The fourth-order valence-corrected chi connectivity index (χ4v) is 2.79. The van der Waals surface area contributed by atoms with Gasteiger partial charge in [0.1, 0.15) is 12.2 Å². The molecule has 2 rings (SSSR count). The smallest absolute Gasteiger partial charge is 0.233 e. The first-order chi connectivity index (χ1) is 10.7. The molecule has 1 aliphatic carbocycles. The fourth-order valence-electron chi connectivity index (χ4n) is 2.79. The summed E-state index contributed by atoms with van der Waals surface area (Å²) in [5, 5.41) is 5.69. The van der Waals surface area contributed by atoms with E-state index in [1.54, 1.807) is 19.2 Å². The van der Waals surface area contributed by atoms with Crippen molar-refractivity contribution < 1.29 is 14.3 Å². The van der Waals surface area contributed by atoms with Gasteiger partial charge in [-0.05, 0) is 25.0 Å². The number of hydrogen-bond acceptors (Lipinski definition) is 3. The minimum absolute atomic E-state index is 0.158. The average Bonchev–Trinajstić information content (AvgIpc) is 2.76. The predicted octanol–water partition coefficient (Wildman–Crippen LogP) is 2.86. The van der Waals surface area contributed by atoms with Crippen LogP contribution in [0, 0.1) is 0 Å². The zero-order chi connectivity index (χ0) is 15.8. The number of nitrogens with one attached hydrogen (secondary N) is 2. The molecule has 1 aliphatic rings. The van der Waals surface area contributed by atoms with Crippen molar-refractivity contribution in [1.82, 2.24) is 5.32 Å². The van der Waals surface area contributed by atoms with Crippen LogP contribution >= 0.6 is 0 Å². The van der Waals surface area contributed by atoms with E-state index in [-0.39, 0.29) is 24.3 Å². The Hall–Kier alpha value is -2.04. The van der Waals surface area contributed by atoms with Crippen molar-refractivity contribution in [2.75, 3.05) is 12.4 Å². The van der Waals surface area contributed by atoms with Crippen molar-refractivity contribution in [3.63, 3.8) is 0 Å². The van der Waals surface area contributed by atoms with Crippen LogP contribution in [0.3, 0.4) is 0 Å². The quantitative estimate of drug-likeness (QED) is 0.649. The lowest BCUT2D eigenvalue weighted by Gasteiger charge is -2.16. The van der Waals surface area contributed by atoms with Crippen molar-refractivity contribution in [3.8, 4) is 5.75 Å². The van der Waals surface area contributed by atoms with Gasteiger partial charge in [-0.2, -0.15) is 0 Å². The van der Waals surface area contributed by atoms with Gasteiger partial charge in [-0.3, -0.25) is 9.59 Å². The molecule has 0 spiro atoms. The van der Waals surface area contributed by atoms with Gasteiger partial charge in [-0.15, -0.1) is 0 Å². The van der Waals surface area contributed by atoms with Gasteiger partial charge in [0.05, 0.1) is 12.8 Å². The highest BCUT2D eigenvalue weighted by Crippen LogP contribution is 2.23. The van der Waals surface area contributed by atoms with Gasteiger partial charge < -0.3 is 15.4 Å². The van der Waals surface area contributed by atoms with Crippen molar-refractivity contribution in [2.24, 2.45) is 0 Å². The number of amides is 2. The van der Waals surface area contributed by atoms with E-state index in [2.05, 4.69) is 10.6 Å². The summed E-state index contributed by atoms with van der Waals surface area (Å²) in [6, 6.07) is 7.37. The zero-order valence-corrected chi connectivity index (χ0v) is 13.1. The second-order valence-corrected chi connectivity index (χ2v) is 5.68. The molecule has 0 aliphatic heterocycles. The fraction of sp³-hybridized carbons (Fsp3) is 0.529. The maximum absolute atomic E-state index is 12.0. The first-order valence-electron chi connectivity index (χ1n) is 7.91. The van der Waals surface area contributed by atoms with Gasteiger partial charge >= 0.3 is 0 Å². The van der Waals surface area contributed by atoms with E-state index in [0.717, 1.165) is 25.7 Å². The second-order valence-electron chi connectivity index (χ2n) is 5.68. The molecule has 5 nitrogen and oxygen atoms in total. The Labute approximate surface area is 131 Å². The molecule has 0 aromatic heterocycles. The van der Waals surface area contributed by atoms with E-state index in [1.165, 1.54) is 12.8 Å². The van der Waals surface area contributed by atoms with Crippen LogP contribution < -0.4 is 15.4 Å². The first-order valence-corrected chi connectivity index (χ1v) is 7.91. The van der Waals surface area contributed by atoms with E-state index in [4.69, 9.17) is 4.74 Å². The molecule has 120 valence electrons. The molecule has 0 saturated heterocycles. The third-order valence-electron chi connectivity index (χ3n) is 3.92. The van der Waals surface area contributed by atoms with Gasteiger partial charge in [0, 0.05) is 6.04 Å². The van der Waals surface area contributed by atoms with Crippen molar-refractivity contribution in [3.05, 3.63) is 24.3 Å². The van der Waals surface area contributed by atoms with Gasteiger partial charge in [-0.25, -0.2) is 0 Å². The SMILES string of the molecule is COc1ccccc1NC(=O)CC(=O)NC1CCCCCC1. The monoisotopic (exact) mass is 304 g/mol. The summed E-state index contributed by atoms with van der Waals surface area (Å²) in [4.78, 5) is 23.9. The van der Waals surface area contributed by atoms with Crippen LogP contribution in [0.15, 0.2) is 24.3 Å². The summed E-state index contributed by atoms with van der Waals surface area (Å²) in [5.41, 5.74) is 0.581. The molecule has 1 saturated carbocycles. The third kappa shape index (κ3) is 5.06. The normalized spacial score (nSPS) is 15.7. The van der Waals surface area contributed by atoms with E-state index >= 15 is 0 Å². The van der Waals surface area contributed by atoms with E-state index < -0.39 is 0 Å². The minimum Gasteiger partial charge on any atom is -0.495 e. The molecule has 5 heteroatoms. The number of rotatable bonds is 5. The molecule has 2 amide bonds. The highest BCUT2D eigenvalue weighted by atomic mass is 16.5. The molecule has 0 radical (unpaired) electrons. The van der Waals surface area contributed by atoms with Crippen LogP contribution in [-0.2, 0) is 9.59 Å². The largest absolute Gasteiger partial charge is 0.495 e. The van der Waals surface area contributed by atoms with Gasteiger partial charge in [0.15, 0.2) is 0 Å². The summed E-state index contributed by atoms with van der Waals surface area (Å²) in [7, 11) is 1.55. The Bertz CT molecular complexity index is 508. The minimum atomic E-state index is -0.323. The Balaban J connectivity index is 1.82. The number of methoxy groups -OCH3 is 1. The Morgan fingerprint density at radius 3 is 2.45 bits per heavy atom. The molecular formula is C17H24N2O3. The summed E-state index contributed by atoms with van der Waals surface area (Å²) in [6.45, 7) is 0. The lowest BCUT2D eigenvalue weighted by molar-refractivity contribution is -0.127. The zero-order valence-electron chi connectivity index (χ0n) is 13.1. The van der Waals surface area contributed by atoms with E-state index in [1.807, 2.05) is 12.1 Å². The maximum Gasteiger partial charge on any atom is 0.233 e. The van der Waals surface area contributed by atoms with Crippen LogP contribution in [-0.4, -0.2) is 25.0 Å². The van der Waals surface area contributed by atoms with Crippen LogP contribution in [0.1, 0.15) is 44.9 Å². The molecular weight excluding hydrogens is 280 g/mol. The number of para-hydroxylation sites is 2. The van der Waals surface area contributed by atoms with Crippen molar-refractivity contribution in [2.45, 2.75) is 51.0 Å². The molecule has 1 fully saturated rings. The summed E-state index contributed by atoms with van der Waals surface area (Å²) in [6.07, 6.45) is 6.65. The van der Waals surface area contributed by atoms with Gasteiger partial charge in [0.2, 0.25) is 11.8 Å². The summed E-state index contributed by atoms with van der Waals surface area (Å²) < 4.78 is 5.17. The number of hydrogen-bond donors (Lipinski definition) is 2. The van der Waals surface area contributed by atoms with Crippen LogP contribution in [0.25, 0.3) is 0 Å². The number of ether oxygens (including phenoxy) is 1. The number of carbonyl (C=O) groups is 2. The third-order valence-corrected chi connectivity index (χ3v) is 3.92. The Morgan fingerprint density at radius 1 is 1.09 bits per heavy atom. The van der Waals surface area contributed by atoms with Gasteiger partial charge in [0.25, 0.3) is 0 Å². The van der Waals surface area contributed by atoms with Crippen LogP contribution in [0.4, 0.5) is 5.69 Å². The maximum atomic E-state index is 12.0. The average molecular weight is 304 g/mol. The number of anilines is 1. The number of carbonyl (C=O) groups excluding carboxylic acids is 2. The Kier molecular flexibility index (Phi) is 6.25. The van der Waals surface area contributed by atoms with Crippen LogP contribution in [0.5, 0.6) is 5.75 Å². The molecule has 0 atom stereocenters. The van der Waals surface area contributed by atoms with Crippen molar-refractivity contribution in [1.29, 1.82) is 0 Å². The molecule has 0 bridgehead atoms. The molecule has 0 unspecified atom stereocenters. The summed E-state index contributed by atoms with van der Waals surface area (Å²) in [5.74, 6) is 0.0509. The topological polar surface area (TPSA) is 67.4 Å².